The van der Waals surface area contributed by atoms with E-state index >= 15 is 0 Å². The number of guanidine groups is 1. The molecule has 6 nitrogen and oxygen atoms in total. The number of aliphatic imine (C=N–C) groups is 1. The van der Waals surface area contributed by atoms with Crippen LogP contribution in [0.1, 0.15) is 57.6 Å². The van der Waals surface area contributed by atoms with E-state index in [1.165, 1.54) is 82.0 Å². The first-order valence-electron chi connectivity index (χ1n) is 11.3. The van der Waals surface area contributed by atoms with Gasteiger partial charge in [-0.3, -0.25) is 9.89 Å². The molecule has 2 N–H and O–H groups in total. The molecule has 3 heterocycles. The minimum atomic E-state index is 0.527. The molecule has 4 rings (SSSR count). The van der Waals surface area contributed by atoms with Gasteiger partial charge in [-0.15, -0.1) is 11.3 Å². The molecule has 2 aliphatic heterocycles. The van der Waals surface area contributed by atoms with Crippen molar-refractivity contribution >= 4 is 22.4 Å². The Hall–Kier alpha value is -1.34. The molecule has 156 valence electrons. The Kier molecular flexibility index (Phi) is 7.07. The fourth-order valence-electron chi connectivity index (χ4n) is 4.77. The molecule has 0 amide bonds. The highest BCUT2D eigenvalue weighted by molar-refractivity contribution is 7.13. The zero-order chi connectivity index (χ0) is 19.2. The van der Waals surface area contributed by atoms with E-state index in [9.17, 15) is 0 Å². The largest absolute Gasteiger partial charge is 0.357 e. The number of hydrogen-bond acceptors (Lipinski definition) is 5. The first-order valence-corrected chi connectivity index (χ1v) is 12.2. The molecule has 1 aliphatic carbocycles. The number of anilines is 1. The van der Waals surface area contributed by atoms with Crippen molar-refractivity contribution in [3.05, 3.63) is 11.1 Å². The second-order valence-corrected chi connectivity index (χ2v) is 9.23. The van der Waals surface area contributed by atoms with Gasteiger partial charge in [0.05, 0.1) is 5.69 Å². The van der Waals surface area contributed by atoms with Gasteiger partial charge in [-0.05, 0) is 39.0 Å². The molecule has 1 aromatic rings. The molecule has 1 saturated carbocycles. The number of rotatable bonds is 7. The van der Waals surface area contributed by atoms with Gasteiger partial charge in [0.1, 0.15) is 0 Å². The van der Waals surface area contributed by atoms with E-state index in [0.29, 0.717) is 6.04 Å². The van der Waals surface area contributed by atoms with Gasteiger partial charge in [0, 0.05) is 63.2 Å². The van der Waals surface area contributed by atoms with Crippen molar-refractivity contribution in [3.63, 3.8) is 0 Å². The summed E-state index contributed by atoms with van der Waals surface area (Å²) in [5.41, 5.74) is 1.18. The van der Waals surface area contributed by atoms with E-state index in [1.807, 2.05) is 0 Å². The minimum absolute atomic E-state index is 0.527. The number of thiazole rings is 1. The topological polar surface area (TPSA) is 55.8 Å². The van der Waals surface area contributed by atoms with Crippen molar-refractivity contribution in [2.45, 2.75) is 70.4 Å². The third-order valence-electron chi connectivity index (χ3n) is 6.30. The van der Waals surface area contributed by atoms with Crippen LogP contribution < -0.4 is 15.5 Å². The summed E-state index contributed by atoms with van der Waals surface area (Å²) >= 11 is 1.78. The third-order valence-corrected chi connectivity index (χ3v) is 7.25. The van der Waals surface area contributed by atoms with Crippen LogP contribution in [0.25, 0.3) is 0 Å². The summed E-state index contributed by atoms with van der Waals surface area (Å²) in [7, 11) is 0. The molecule has 3 aliphatic rings. The lowest BCUT2D eigenvalue weighted by Gasteiger charge is -2.24. The summed E-state index contributed by atoms with van der Waals surface area (Å²) in [6.07, 6.45) is 10.4. The Labute approximate surface area is 173 Å². The summed E-state index contributed by atoms with van der Waals surface area (Å²) in [5, 5.41) is 10.5. The van der Waals surface area contributed by atoms with Crippen LogP contribution in [0.3, 0.4) is 0 Å². The molecule has 0 radical (unpaired) electrons. The molecule has 3 fully saturated rings. The van der Waals surface area contributed by atoms with Gasteiger partial charge in [-0.2, -0.15) is 0 Å². The van der Waals surface area contributed by atoms with Crippen LogP contribution in [0.2, 0.25) is 0 Å². The lowest BCUT2D eigenvalue weighted by Crippen LogP contribution is -2.45. The highest BCUT2D eigenvalue weighted by Gasteiger charge is 2.30. The van der Waals surface area contributed by atoms with Crippen molar-refractivity contribution in [1.82, 2.24) is 20.5 Å². The van der Waals surface area contributed by atoms with E-state index in [-0.39, 0.29) is 0 Å². The summed E-state index contributed by atoms with van der Waals surface area (Å²) in [6, 6.07) is 1.36. The normalized spacial score (nSPS) is 24.4. The molecule has 1 unspecified atom stereocenters. The molecule has 2 saturated heterocycles. The second-order valence-electron chi connectivity index (χ2n) is 8.39. The van der Waals surface area contributed by atoms with E-state index in [2.05, 4.69) is 32.7 Å². The molecule has 0 spiro atoms. The Morgan fingerprint density at radius 3 is 2.79 bits per heavy atom. The molecule has 1 atom stereocenters. The minimum Gasteiger partial charge on any atom is -0.357 e. The Morgan fingerprint density at radius 1 is 1.18 bits per heavy atom. The van der Waals surface area contributed by atoms with E-state index in [0.717, 1.165) is 31.5 Å². The predicted molar refractivity (Wildman–Crippen MR) is 119 cm³/mol. The van der Waals surface area contributed by atoms with Crippen molar-refractivity contribution in [2.75, 3.05) is 44.2 Å². The van der Waals surface area contributed by atoms with Crippen LogP contribution in [0.4, 0.5) is 5.13 Å². The van der Waals surface area contributed by atoms with Crippen LogP contribution in [0.5, 0.6) is 0 Å². The van der Waals surface area contributed by atoms with Crippen molar-refractivity contribution in [1.29, 1.82) is 0 Å². The lowest BCUT2D eigenvalue weighted by molar-refractivity contribution is 0.242. The van der Waals surface area contributed by atoms with Gasteiger partial charge in [-0.25, -0.2) is 4.98 Å². The molecule has 0 aromatic carbocycles. The zero-order valence-corrected chi connectivity index (χ0v) is 18.1. The first kappa shape index (κ1) is 20.0. The Bertz CT molecular complexity index is 633. The van der Waals surface area contributed by atoms with Crippen LogP contribution in [-0.2, 0) is 6.42 Å². The van der Waals surface area contributed by atoms with Crippen molar-refractivity contribution < 1.29 is 0 Å². The van der Waals surface area contributed by atoms with Gasteiger partial charge in [0.2, 0.25) is 0 Å². The number of hydrogen-bond donors (Lipinski definition) is 2. The summed E-state index contributed by atoms with van der Waals surface area (Å²) in [4.78, 5) is 14.8. The quantitative estimate of drug-likeness (QED) is 0.541. The van der Waals surface area contributed by atoms with E-state index in [1.54, 1.807) is 11.3 Å². The highest BCUT2D eigenvalue weighted by Crippen LogP contribution is 2.26. The molecular formula is C21H36N6S. The maximum Gasteiger partial charge on any atom is 0.191 e. The van der Waals surface area contributed by atoms with Gasteiger partial charge in [-0.1, -0.05) is 12.8 Å². The molecule has 28 heavy (non-hydrogen) atoms. The molecule has 1 aromatic heterocycles. The lowest BCUT2D eigenvalue weighted by atomic mass is 10.2. The van der Waals surface area contributed by atoms with Gasteiger partial charge in [0.25, 0.3) is 0 Å². The average molecular weight is 405 g/mol. The number of likely N-dealkylation sites (tertiary alicyclic amines) is 1. The fraction of sp³-hybridized carbons (Fsp3) is 0.810. The van der Waals surface area contributed by atoms with Crippen molar-refractivity contribution in [2.24, 2.45) is 4.99 Å². The average Bonchev–Trinajstić information content (AvgIpc) is 3.48. The SMILES string of the molecule is CCNC(=NCCc1csc(N2CCCC2)n1)NC1CCN(C2CCCC2)C1. The predicted octanol–water partition coefficient (Wildman–Crippen LogP) is 2.86. The van der Waals surface area contributed by atoms with Gasteiger partial charge < -0.3 is 15.5 Å². The fourth-order valence-corrected chi connectivity index (χ4v) is 5.68. The summed E-state index contributed by atoms with van der Waals surface area (Å²) in [5.74, 6) is 0.968. The Balaban J connectivity index is 1.25. The summed E-state index contributed by atoms with van der Waals surface area (Å²) in [6.45, 7) is 8.57. The molecule has 7 heteroatoms. The molecule has 0 bridgehead atoms. The maximum absolute atomic E-state index is 4.83. The van der Waals surface area contributed by atoms with Gasteiger partial charge >= 0.3 is 0 Å². The standard InChI is InChI=1S/C21H36N6S/c1-2-22-20(24-17-10-14-27(15-17)19-7-3-4-8-19)23-11-9-18-16-28-21(25-18)26-12-5-6-13-26/h16-17,19H,2-15H2,1H3,(H2,22,23,24). The van der Waals surface area contributed by atoms with Crippen LogP contribution in [0, 0.1) is 0 Å². The van der Waals surface area contributed by atoms with E-state index in [4.69, 9.17) is 9.98 Å². The van der Waals surface area contributed by atoms with Crippen molar-refractivity contribution in [3.8, 4) is 0 Å². The number of nitrogens with zero attached hydrogens (tertiary/aromatic N) is 4. The van der Waals surface area contributed by atoms with E-state index < -0.39 is 0 Å². The first-order chi connectivity index (χ1) is 13.8. The number of aromatic nitrogens is 1. The third kappa shape index (κ3) is 5.17. The smallest absolute Gasteiger partial charge is 0.191 e. The number of nitrogens with one attached hydrogen (secondary N) is 2. The monoisotopic (exact) mass is 404 g/mol. The zero-order valence-electron chi connectivity index (χ0n) is 17.3. The van der Waals surface area contributed by atoms with Crippen LogP contribution >= 0.6 is 11.3 Å². The maximum atomic E-state index is 4.83. The second kappa shape index (κ2) is 9.92. The van der Waals surface area contributed by atoms with Crippen LogP contribution in [-0.4, -0.2) is 67.2 Å². The van der Waals surface area contributed by atoms with Crippen LogP contribution in [0.15, 0.2) is 10.4 Å². The Morgan fingerprint density at radius 2 is 2.00 bits per heavy atom. The highest BCUT2D eigenvalue weighted by atomic mass is 32.1. The van der Waals surface area contributed by atoms with Gasteiger partial charge in [0.15, 0.2) is 11.1 Å². The summed E-state index contributed by atoms with van der Waals surface area (Å²) < 4.78 is 0. The molecular weight excluding hydrogens is 368 g/mol.